The summed E-state index contributed by atoms with van der Waals surface area (Å²) in [6.07, 6.45) is 3.70. The van der Waals surface area contributed by atoms with Crippen LogP contribution >= 0.6 is 11.3 Å². The first-order chi connectivity index (χ1) is 13.2. The van der Waals surface area contributed by atoms with Gasteiger partial charge in [0.15, 0.2) is 5.13 Å². The summed E-state index contributed by atoms with van der Waals surface area (Å²) in [5.74, 6) is 0.802. The molecule has 0 bridgehead atoms. The minimum atomic E-state index is 0.0424. The third kappa shape index (κ3) is 4.27. The molecule has 1 aromatic carbocycles. The average molecular weight is 382 g/mol. The van der Waals surface area contributed by atoms with Crippen molar-refractivity contribution in [3.8, 4) is 10.4 Å². The SMILES string of the molecule is CN1CCN(c2ccnc(Nc3ncc(-c4cccc(CO)c4)s3)c2)CC1. The fourth-order valence-electron chi connectivity index (χ4n) is 3.15. The van der Waals surface area contributed by atoms with E-state index >= 15 is 0 Å². The molecule has 0 unspecified atom stereocenters. The highest BCUT2D eigenvalue weighted by Crippen LogP contribution is 2.31. The highest BCUT2D eigenvalue weighted by Gasteiger charge is 2.15. The molecule has 2 N–H and O–H groups in total. The summed E-state index contributed by atoms with van der Waals surface area (Å²) in [6, 6.07) is 12.0. The monoisotopic (exact) mass is 381 g/mol. The molecule has 0 aliphatic carbocycles. The van der Waals surface area contributed by atoms with E-state index in [1.165, 1.54) is 5.69 Å². The number of hydrogen-bond donors (Lipinski definition) is 2. The van der Waals surface area contributed by atoms with E-state index in [9.17, 15) is 5.11 Å². The Morgan fingerprint density at radius 2 is 1.96 bits per heavy atom. The van der Waals surface area contributed by atoms with Gasteiger partial charge < -0.3 is 20.2 Å². The highest BCUT2D eigenvalue weighted by atomic mass is 32.1. The molecule has 0 saturated carbocycles. The van der Waals surface area contributed by atoms with E-state index in [-0.39, 0.29) is 6.61 Å². The molecule has 0 spiro atoms. The lowest BCUT2D eigenvalue weighted by atomic mass is 10.1. The van der Waals surface area contributed by atoms with Gasteiger partial charge in [0, 0.05) is 50.3 Å². The number of aromatic nitrogens is 2. The smallest absolute Gasteiger partial charge is 0.188 e. The minimum Gasteiger partial charge on any atom is -0.392 e. The van der Waals surface area contributed by atoms with Crippen molar-refractivity contribution in [2.24, 2.45) is 0 Å². The van der Waals surface area contributed by atoms with Gasteiger partial charge in [-0.05, 0) is 30.3 Å². The Labute approximate surface area is 163 Å². The molecule has 2 aromatic heterocycles. The van der Waals surface area contributed by atoms with Crippen LogP contribution in [0.2, 0.25) is 0 Å². The van der Waals surface area contributed by atoms with Gasteiger partial charge in [-0.3, -0.25) is 0 Å². The summed E-state index contributed by atoms with van der Waals surface area (Å²) in [5, 5.41) is 13.4. The molecule has 0 amide bonds. The predicted octanol–water partition coefficient (Wildman–Crippen LogP) is 3.19. The van der Waals surface area contributed by atoms with Crippen molar-refractivity contribution in [3.05, 3.63) is 54.4 Å². The Kier molecular flexibility index (Phi) is 5.33. The van der Waals surface area contributed by atoms with Crippen LogP contribution in [0.1, 0.15) is 5.56 Å². The molecule has 140 valence electrons. The summed E-state index contributed by atoms with van der Waals surface area (Å²) >= 11 is 1.58. The predicted molar refractivity (Wildman–Crippen MR) is 111 cm³/mol. The summed E-state index contributed by atoms with van der Waals surface area (Å²) < 4.78 is 0. The van der Waals surface area contributed by atoms with Crippen molar-refractivity contribution in [3.63, 3.8) is 0 Å². The average Bonchev–Trinajstić information content (AvgIpc) is 3.17. The summed E-state index contributed by atoms with van der Waals surface area (Å²) in [6.45, 7) is 4.26. The molecule has 1 aliphatic rings. The quantitative estimate of drug-likeness (QED) is 0.708. The Morgan fingerprint density at radius 1 is 1.11 bits per heavy atom. The largest absolute Gasteiger partial charge is 0.392 e. The molecular formula is C20H23N5OS. The molecular weight excluding hydrogens is 358 g/mol. The number of rotatable bonds is 5. The van der Waals surface area contributed by atoms with Crippen LogP contribution in [0.15, 0.2) is 48.8 Å². The fourth-order valence-corrected chi connectivity index (χ4v) is 3.97. The summed E-state index contributed by atoms with van der Waals surface area (Å²) in [5.41, 5.74) is 3.15. The van der Waals surface area contributed by atoms with Crippen LogP contribution < -0.4 is 10.2 Å². The zero-order valence-electron chi connectivity index (χ0n) is 15.3. The third-order valence-electron chi connectivity index (χ3n) is 4.75. The lowest BCUT2D eigenvalue weighted by Gasteiger charge is -2.34. The van der Waals surface area contributed by atoms with Crippen LogP contribution in [0.25, 0.3) is 10.4 Å². The van der Waals surface area contributed by atoms with Crippen LogP contribution in [0.5, 0.6) is 0 Å². The zero-order chi connectivity index (χ0) is 18.6. The van der Waals surface area contributed by atoms with Gasteiger partial charge in [-0.1, -0.05) is 29.5 Å². The van der Waals surface area contributed by atoms with Crippen molar-refractivity contribution in [1.82, 2.24) is 14.9 Å². The number of likely N-dealkylation sites (N-methyl/N-ethyl adjacent to an activating group) is 1. The van der Waals surface area contributed by atoms with Gasteiger partial charge in [0.2, 0.25) is 0 Å². The summed E-state index contributed by atoms with van der Waals surface area (Å²) in [4.78, 5) is 14.7. The maximum absolute atomic E-state index is 9.32. The molecule has 1 saturated heterocycles. The molecule has 7 heteroatoms. The van der Waals surface area contributed by atoms with Gasteiger partial charge in [0.05, 0.1) is 11.5 Å². The van der Waals surface area contributed by atoms with Crippen LogP contribution in [-0.2, 0) is 6.61 Å². The molecule has 27 heavy (non-hydrogen) atoms. The molecule has 1 fully saturated rings. The molecule has 0 radical (unpaired) electrons. The summed E-state index contributed by atoms with van der Waals surface area (Å²) in [7, 11) is 2.16. The number of aliphatic hydroxyl groups is 1. The molecule has 1 aliphatic heterocycles. The van der Waals surface area contributed by atoms with Crippen molar-refractivity contribution in [1.29, 1.82) is 0 Å². The fraction of sp³-hybridized carbons (Fsp3) is 0.300. The van der Waals surface area contributed by atoms with Crippen molar-refractivity contribution in [2.45, 2.75) is 6.61 Å². The van der Waals surface area contributed by atoms with Crippen LogP contribution in [-0.4, -0.2) is 53.2 Å². The van der Waals surface area contributed by atoms with E-state index in [0.717, 1.165) is 53.1 Å². The highest BCUT2D eigenvalue weighted by molar-refractivity contribution is 7.18. The normalized spacial score (nSPS) is 15.1. The number of nitrogens with one attached hydrogen (secondary N) is 1. The van der Waals surface area contributed by atoms with Crippen molar-refractivity contribution >= 4 is 28.0 Å². The number of thiazole rings is 1. The molecule has 4 rings (SSSR count). The van der Waals surface area contributed by atoms with Crippen LogP contribution in [0.3, 0.4) is 0 Å². The second-order valence-corrected chi connectivity index (χ2v) is 7.73. The number of hydrogen-bond acceptors (Lipinski definition) is 7. The topological polar surface area (TPSA) is 64.5 Å². The first-order valence-corrected chi connectivity index (χ1v) is 9.85. The number of aliphatic hydroxyl groups excluding tert-OH is 1. The standard InChI is InChI=1S/C20H23N5OS/c1-24-7-9-25(10-8-24)17-5-6-21-19(12-17)23-20-22-13-18(27-20)16-4-2-3-15(11-16)14-26/h2-6,11-13,26H,7-10,14H2,1H3,(H,21,22,23). The minimum absolute atomic E-state index is 0.0424. The van der Waals surface area contributed by atoms with Crippen LogP contribution in [0.4, 0.5) is 16.6 Å². The van der Waals surface area contributed by atoms with E-state index < -0.39 is 0 Å². The van der Waals surface area contributed by atoms with E-state index in [1.807, 2.05) is 36.7 Å². The first kappa shape index (κ1) is 17.9. The maximum atomic E-state index is 9.32. The first-order valence-electron chi connectivity index (χ1n) is 9.04. The van der Waals surface area contributed by atoms with Gasteiger partial charge in [0.25, 0.3) is 0 Å². The van der Waals surface area contributed by atoms with E-state index in [2.05, 4.69) is 44.3 Å². The number of nitrogens with zero attached hydrogens (tertiary/aromatic N) is 4. The van der Waals surface area contributed by atoms with Gasteiger partial charge in [-0.25, -0.2) is 9.97 Å². The Morgan fingerprint density at radius 3 is 2.78 bits per heavy atom. The van der Waals surface area contributed by atoms with Crippen molar-refractivity contribution in [2.75, 3.05) is 43.4 Å². The second-order valence-electron chi connectivity index (χ2n) is 6.70. The molecule has 6 nitrogen and oxygen atoms in total. The van der Waals surface area contributed by atoms with Gasteiger partial charge in [-0.2, -0.15) is 0 Å². The second kappa shape index (κ2) is 8.04. The number of pyridine rings is 1. The van der Waals surface area contributed by atoms with Gasteiger partial charge >= 0.3 is 0 Å². The zero-order valence-corrected chi connectivity index (χ0v) is 16.1. The molecule has 3 heterocycles. The Balaban J connectivity index is 1.48. The van der Waals surface area contributed by atoms with Crippen molar-refractivity contribution < 1.29 is 5.11 Å². The Bertz CT molecular complexity index is 905. The van der Waals surface area contributed by atoms with E-state index in [1.54, 1.807) is 11.3 Å². The third-order valence-corrected chi connectivity index (χ3v) is 5.71. The Hall–Kier alpha value is -2.48. The van der Waals surface area contributed by atoms with E-state index in [0.29, 0.717) is 0 Å². The van der Waals surface area contributed by atoms with Crippen LogP contribution in [0, 0.1) is 0 Å². The molecule has 3 aromatic rings. The van der Waals surface area contributed by atoms with Gasteiger partial charge in [0.1, 0.15) is 5.82 Å². The number of benzene rings is 1. The van der Waals surface area contributed by atoms with E-state index in [4.69, 9.17) is 0 Å². The lowest BCUT2D eigenvalue weighted by Crippen LogP contribution is -2.44. The lowest BCUT2D eigenvalue weighted by molar-refractivity contribution is 0.282. The number of anilines is 3. The molecule has 0 atom stereocenters. The van der Waals surface area contributed by atoms with Gasteiger partial charge in [-0.15, -0.1) is 0 Å². The number of piperazine rings is 1. The maximum Gasteiger partial charge on any atom is 0.188 e.